The third-order valence-corrected chi connectivity index (χ3v) is 10.3. The van der Waals surface area contributed by atoms with Crippen molar-refractivity contribution in [2.75, 3.05) is 0 Å². The van der Waals surface area contributed by atoms with Gasteiger partial charge in [-0.3, -0.25) is 0 Å². The van der Waals surface area contributed by atoms with Gasteiger partial charge < -0.3 is 0 Å². The topological polar surface area (TPSA) is 23.8 Å². The summed E-state index contributed by atoms with van der Waals surface area (Å²) in [7, 11) is 0. The summed E-state index contributed by atoms with van der Waals surface area (Å²) in [4.78, 5) is 0. The Morgan fingerprint density at radius 3 is 2.28 bits per heavy atom. The van der Waals surface area contributed by atoms with Crippen molar-refractivity contribution in [1.29, 1.82) is 5.26 Å². The highest BCUT2D eigenvalue weighted by Gasteiger charge is 2.52. The fourth-order valence-corrected chi connectivity index (χ4v) is 8.89. The molecule has 1 heteroatoms. The Labute approximate surface area is 181 Å². The number of nitrogens with zero attached hydrogens (tertiary/aromatic N) is 1. The molecule has 0 aliphatic heterocycles. The second kappa shape index (κ2) is 9.75. The maximum absolute atomic E-state index is 10.1. The lowest BCUT2D eigenvalue weighted by atomic mass is 9.48. The van der Waals surface area contributed by atoms with Gasteiger partial charge in [-0.05, 0) is 99.2 Å². The molecule has 0 bridgehead atoms. The van der Waals surface area contributed by atoms with E-state index in [4.69, 9.17) is 0 Å². The molecule has 0 aromatic heterocycles. The normalized spacial score (nSPS) is 44.2. The average Bonchev–Trinajstić information content (AvgIpc) is 2.77. The lowest BCUT2D eigenvalue weighted by molar-refractivity contribution is -0.0718. The summed E-state index contributed by atoms with van der Waals surface area (Å²) in [5, 5.41) is 10.1. The predicted molar refractivity (Wildman–Crippen MR) is 122 cm³/mol. The molecular formula is C28H47N. The largest absolute Gasteiger partial charge is 0.198 e. The summed E-state index contributed by atoms with van der Waals surface area (Å²) < 4.78 is 0. The van der Waals surface area contributed by atoms with Crippen molar-refractivity contribution in [3.63, 3.8) is 0 Å². The maximum atomic E-state index is 10.1. The molecule has 4 rings (SSSR count). The Morgan fingerprint density at radius 1 is 0.759 bits per heavy atom. The third-order valence-electron chi connectivity index (χ3n) is 10.3. The molecule has 4 saturated carbocycles. The van der Waals surface area contributed by atoms with E-state index in [-0.39, 0.29) is 5.41 Å². The summed E-state index contributed by atoms with van der Waals surface area (Å²) in [6, 6.07) is 2.85. The summed E-state index contributed by atoms with van der Waals surface area (Å²) >= 11 is 0. The first kappa shape index (κ1) is 21.7. The van der Waals surface area contributed by atoms with Gasteiger partial charge in [0.2, 0.25) is 0 Å². The molecule has 0 heterocycles. The van der Waals surface area contributed by atoms with Gasteiger partial charge in [0.05, 0.1) is 11.5 Å². The molecule has 29 heavy (non-hydrogen) atoms. The van der Waals surface area contributed by atoms with Gasteiger partial charge in [-0.25, -0.2) is 0 Å². The number of nitriles is 1. The van der Waals surface area contributed by atoms with Crippen LogP contribution in [0.5, 0.6) is 0 Å². The Hall–Kier alpha value is -0.510. The van der Waals surface area contributed by atoms with Crippen LogP contribution in [0.15, 0.2) is 0 Å². The van der Waals surface area contributed by atoms with E-state index in [1.165, 1.54) is 96.3 Å². The zero-order valence-corrected chi connectivity index (χ0v) is 19.5. The van der Waals surface area contributed by atoms with Crippen LogP contribution in [0.3, 0.4) is 0 Å². The van der Waals surface area contributed by atoms with Crippen LogP contribution >= 0.6 is 0 Å². The van der Waals surface area contributed by atoms with Crippen molar-refractivity contribution in [3.05, 3.63) is 0 Å². The number of unbranched alkanes of at least 4 members (excludes halogenated alkanes) is 3. The molecule has 164 valence electrons. The molecule has 0 amide bonds. The van der Waals surface area contributed by atoms with Crippen LogP contribution in [0, 0.1) is 58.2 Å². The van der Waals surface area contributed by atoms with Crippen LogP contribution in [-0.2, 0) is 0 Å². The van der Waals surface area contributed by atoms with Gasteiger partial charge in [0, 0.05) is 0 Å². The van der Waals surface area contributed by atoms with Crippen molar-refractivity contribution < 1.29 is 0 Å². The predicted octanol–water partition coefficient (Wildman–Crippen LogP) is 8.54. The highest BCUT2D eigenvalue weighted by atomic mass is 14.6. The summed E-state index contributed by atoms with van der Waals surface area (Å²) in [6.45, 7) is 4.65. The molecule has 4 aliphatic carbocycles. The number of hydrogen-bond donors (Lipinski definition) is 0. The van der Waals surface area contributed by atoms with Crippen LogP contribution < -0.4 is 0 Å². The van der Waals surface area contributed by atoms with Gasteiger partial charge in [0.1, 0.15) is 0 Å². The van der Waals surface area contributed by atoms with Crippen molar-refractivity contribution >= 4 is 0 Å². The lowest BCUT2D eigenvalue weighted by Crippen LogP contribution is -2.49. The maximum Gasteiger partial charge on any atom is 0.0689 e. The van der Waals surface area contributed by atoms with E-state index < -0.39 is 0 Å². The molecule has 0 spiro atoms. The molecule has 0 N–H and O–H groups in total. The molecule has 6 unspecified atom stereocenters. The second-order valence-electron chi connectivity index (χ2n) is 11.7. The van der Waals surface area contributed by atoms with E-state index >= 15 is 0 Å². The zero-order valence-electron chi connectivity index (χ0n) is 19.5. The van der Waals surface area contributed by atoms with Gasteiger partial charge in [-0.15, -0.1) is 0 Å². The standard InChI is InChI=1S/C28H47N/c1-3-5-7-17-28(20-29)18-16-24-22(19-28)12-13-27-25-11-8-10-21(9-6-4-2)23(25)14-15-26(24)27/h21-27H,3-19H2,1-2H3/t21-,22?,23?,24?,25?,26?,27?,28-/m1/s1. The van der Waals surface area contributed by atoms with Crippen molar-refractivity contribution in [2.45, 2.75) is 123 Å². The third kappa shape index (κ3) is 4.43. The van der Waals surface area contributed by atoms with Crippen molar-refractivity contribution in [1.82, 2.24) is 0 Å². The fraction of sp³-hybridized carbons (Fsp3) is 0.964. The van der Waals surface area contributed by atoms with Crippen molar-refractivity contribution in [2.24, 2.45) is 46.8 Å². The Kier molecular flexibility index (Phi) is 7.30. The minimum absolute atomic E-state index is 0.0382. The van der Waals surface area contributed by atoms with Gasteiger partial charge in [0.25, 0.3) is 0 Å². The van der Waals surface area contributed by atoms with E-state index in [1.54, 1.807) is 12.8 Å². The Balaban J connectivity index is 1.40. The molecule has 4 aliphatic rings. The lowest BCUT2D eigenvalue weighted by Gasteiger charge is -2.57. The van der Waals surface area contributed by atoms with E-state index in [0.717, 1.165) is 41.4 Å². The highest BCUT2D eigenvalue weighted by Crippen LogP contribution is 2.60. The van der Waals surface area contributed by atoms with Gasteiger partial charge in [-0.1, -0.05) is 65.2 Å². The molecule has 0 saturated heterocycles. The van der Waals surface area contributed by atoms with Crippen LogP contribution in [0.1, 0.15) is 123 Å². The minimum atomic E-state index is 0.0382. The minimum Gasteiger partial charge on any atom is -0.198 e. The smallest absolute Gasteiger partial charge is 0.0689 e. The Bertz CT molecular complexity index is 561. The van der Waals surface area contributed by atoms with Crippen LogP contribution in [-0.4, -0.2) is 0 Å². The van der Waals surface area contributed by atoms with E-state index in [0.29, 0.717) is 0 Å². The number of rotatable bonds is 7. The molecular weight excluding hydrogens is 350 g/mol. The fourth-order valence-electron chi connectivity index (χ4n) is 8.89. The second-order valence-corrected chi connectivity index (χ2v) is 11.7. The van der Waals surface area contributed by atoms with Gasteiger partial charge >= 0.3 is 0 Å². The Morgan fingerprint density at radius 2 is 1.48 bits per heavy atom. The molecule has 8 atom stereocenters. The summed E-state index contributed by atoms with van der Waals surface area (Å²) in [5.74, 6) is 7.12. The molecule has 4 fully saturated rings. The quantitative estimate of drug-likeness (QED) is 0.395. The first-order valence-electron chi connectivity index (χ1n) is 13.6. The first-order chi connectivity index (χ1) is 14.2. The van der Waals surface area contributed by atoms with E-state index in [9.17, 15) is 5.26 Å². The first-order valence-corrected chi connectivity index (χ1v) is 13.6. The van der Waals surface area contributed by atoms with Crippen LogP contribution in [0.2, 0.25) is 0 Å². The molecule has 0 aromatic rings. The zero-order chi connectivity index (χ0) is 20.3. The highest BCUT2D eigenvalue weighted by molar-refractivity contribution is 5.07. The molecule has 0 aromatic carbocycles. The monoisotopic (exact) mass is 397 g/mol. The van der Waals surface area contributed by atoms with Crippen LogP contribution in [0.25, 0.3) is 0 Å². The number of fused-ring (bicyclic) bond motifs is 5. The van der Waals surface area contributed by atoms with Gasteiger partial charge in [-0.2, -0.15) is 5.26 Å². The van der Waals surface area contributed by atoms with E-state index in [2.05, 4.69) is 19.9 Å². The SMILES string of the molecule is CCCCC[C@@]1(C#N)CCC2C(CCC3C2CCC2C3CCC[C@H]2CCCC)C1. The van der Waals surface area contributed by atoms with Crippen molar-refractivity contribution in [3.8, 4) is 6.07 Å². The summed E-state index contributed by atoms with van der Waals surface area (Å²) in [6.07, 6.45) is 23.9. The molecule has 1 nitrogen and oxygen atoms in total. The summed E-state index contributed by atoms with van der Waals surface area (Å²) in [5.41, 5.74) is 0.0382. The van der Waals surface area contributed by atoms with E-state index in [1.807, 2.05) is 0 Å². The van der Waals surface area contributed by atoms with Gasteiger partial charge in [0.15, 0.2) is 0 Å². The van der Waals surface area contributed by atoms with Crippen LogP contribution in [0.4, 0.5) is 0 Å². The average molecular weight is 398 g/mol. The molecule has 0 radical (unpaired) electrons. The number of hydrogen-bond acceptors (Lipinski definition) is 1.